The van der Waals surface area contributed by atoms with Gasteiger partial charge in [-0.15, -0.1) is 0 Å². The van der Waals surface area contributed by atoms with Crippen LogP contribution < -0.4 is 9.80 Å². The van der Waals surface area contributed by atoms with Crippen molar-refractivity contribution in [3.8, 4) is 11.1 Å². The topological polar surface area (TPSA) is 6.48 Å². The lowest BCUT2D eigenvalue weighted by molar-refractivity contribution is 0.590. The molecule has 9 aromatic rings. The molecule has 0 aromatic heterocycles. The lowest BCUT2D eigenvalue weighted by Crippen LogP contribution is -2.16. The lowest BCUT2D eigenvalue weighted by atomic mass is 9.79. The molecule has 0 fully saturated rings. The Balaban J connectivity index is 1.13. The molecule has 0 atom stereocenters. The smallest absolute Gasteiger partial charge is 0.0468 e. The van der Waals surface area contributed by atoms with Gasteiger partial charge in [0, 0.05) is 39.5 Å². The summed E-state index contributed by atoms with van der Waals surface area (Å²) in [6.07, 6.45) is 0. The van der Waals surface area contributed by atoms with Crippen molar-refractivity contribution < 1.29 is 0 Å². The van der Waals surface area contributed by atoms with E-state index in [2.05, 4.69) is 247 Å². The van der Waals surface area contributed by atoms with E-state index in [1.165, 1.54) is 65.7 Å². The first-order valence-electron chi connectivity index (χ1n) is 21.8. The Bertz CT molecular complexity index is 3090. The van der Waals surface area contributed by atoms with Gasteiger partial charge in [-0.2, -0.15) is 0 Å². The molecule has 9 aromatic carbocycles. The van der Waals surface area contributed by atoms with E-state index >= 15 is 0 Å². The first-order valence-corrected chi connectivity index (χ1v) is 21.8. The third-order valence-electron chi connectivity index (χ3n) is 13.1. The molecular formula is C59H54N2. The predicted molar refractivity (Wildman–Crippen MR) is 263 cm³/mol. The number of rotatable bonds is 6. The second-order valence-corrected chi connectivity index (χ2v) is 19.5. The van der Waals surface area contributed by atoms with Crippen LogP contribution in [0.15, 0.2) is 182 Å². The van der Waals surface area contributed by atoms with Crippen LogP contribution in [-0.4, -0.2) is 0 Å². The fourth-order valence-corrected chi connectivity index (χ4v) is 9.80. The van der Waals surface area contributed by atoms with Gasteiger partial charge >= 0.3 is 0 Å². The van der Waals surface area contributed by atoms with Crippen molar-refractivity contribution in [1.29, 1.82) is 0 Å². The number of nitrogens with zero attached hydrogens (tertiary/aromatic N) is 2. The van der Waals surface area contributed by atoms with Crippen molar-refractivity contribution in [3.63, 3.8) is 0 Å². The third-order valence-corrected chi connectivity index (χ3v) is 13.1. The van der Waals surface area contributed by atoms with Crippen LogP contribution in [0.4, 0.5) is 34.1 Å². The Labute approximate surface area is 361 Å². The van der Waals surface area contributed by atoms with Gasteiger partial charge in [0.15, 0.2) is 0 Å². The van der Waals surface area contributed by atoms with Gasteiger partial charge in [0.1, 0.15) is 0 Å². The summed E-state index contributed by atoms with van der Waals surface area (Å²) >= 11 is 0. The highest BCUT2D eigenvalue weighted by atomic mass is 15.1. The maximum Gasteiger partial charge on any atom is 0.0468 e. The highest BCUT2D eigenvalue weighted by Crippen LogP contribution is 2.56. The van der Waals surface area contributed by atoms with E-state index in [4.69, 9.17) is 0 Å². The summed E-state index contributed by atoms with van der Waals surface area (Å²) < 4.78 is 0. The molecule has 300 valence electrons. The molecule has 0 bridgehead atoms. The fraction of sp³-hybridized carbons (Fsp3) is 0.186. The van der Waals surface area contributed by atoms with E-state index in [1.807, 2.05) is 0 Å². The average Bonchev–Trinajstić information content (AvgIpc) is 3.49. The van der Waals surface area contributed by atoms with E-state index in [0.717, 1.165) is 34.1 Å². The lowest BCUT2D eigenvalue weighted by Gasteiger charge is -2.28. The molecule has 0 spiro atoms. The highest BCUT2D eigenvalue weighted by Gasteiger charge is 2.39. The molecule has 61 heavy (non-hydrogen) atoms. The second-order valence-electron chi connectivity index (χ2n) is 19.5. The predicted octanol–water partition coefficient (Wildman–Crippen LogP) is 17.0. The molecular weight excluding hydrogens is 737 g/mol. The Morgan fingerprint density at radius 2 is 0.820 bits per heavy atom. The van der Waals surface area contributed by atoms with Gasteiger partial charge in [0.05, 0.1) is 0 Å². The van der Waals surface area contributed by atoms with Crippen molar-refractivity contribution in [2.75, 3.05) is 9.80 Å². The standard InChI is InChI=1S/C59H54N2/c1-57(2,3)41-24-29-45(30-25-41)60(43-17-11-9-12-18-43)47-28-23-39-36-53-54(37-40(39)35-47)59(7,8)56-51-34-33-48(38-52(51)49-21-15-16-22-50(49)55(53)56)61(44-19-13-10-14-20-44)46-31-26-42(27-32-46)58(4,5)6/h9-38H,1-8H3. The quantitative estimate of drug-likeness (QED) is 0.155. The first-order chi connectivity index (χ1) is 29.3. The average molecular weight is 791 g/mol. The molecule has 2 nitrogen and oxygen atoms in total. The summed E-state index contributed by atoms with van der Waals surface area (Å²) in [4.78, 5) is 4.78. The molecule has 0 unspecified atom stereocenters. The van der Waals surface area contributed by atoms with Crippen LogP contribution in [0.5, 0.6) is 0 Å². The minimum atomic E-state index is -0.234. The molecule has 1 aliphatic rings. The van der Waals surface area contributed by atoms with Crippen LogP contribution in [0.25, 0.3) is 43.4 Å². The molecule has 0 saturated carbocycles. The van der Waals surface area contributed by atoms with Crippen LogP contribution in [-0.2, 0) is 16.2 Å². The van der Waals surface area contributed by atoms with Gasteiger partial charge < -0.3 is 9.80 Å². The monoisotopic (exact) mass is 790 g/mol. The van der Waals surface area contributed by atoms with E-state index < -0.39 is 0 Å². The Morgan fingerprint density at radius 3 is 1.36 bits per heavy atom. The van der Waals surface area contributed by atoms with Crippen LogP contribution in [0, 0.1) is 0 Å². The first kappa shape index (κ1) is 38.6. The molecule has 0 N–H and O–H groups in total. The Morgan fingerprint density at radius 1 is 0.361 bits per heavy atom. The summed E-state index contributed by atoms with van der Waals surface area (Å²) in [5.41, 5.74) is 15.0. The molecule has 0 heterocycles. The summed E-state index contributed by atoms with van der Waals surface area (Å²) in [6, 6.07) is 67.8. The van der Waals surface area contributed by atoms with E-state index in [0.29, 0.717) is 0 Å². The molecule has 0 saturated heterocycles. The number of hydrogen-bond donors (Lipinski definition) is 0. The summed E-state index contributed by atoms with van der Waals surface area (Å²) in [7, 11) is 0. The normalized spacial score (nSPS) is 13.4. The second kappa shape index (κ2) is 14.2. The van der Waals surface area contributed by atoms with Crippen molar-refractivity contribution in [2.45, 2.75) is 71.6 Å². The van der Waals surface area contributed by atoms with Gasteiger partial charge in [-0.25, -0.2) is 0 Å². The maximum atomic E-state index is 2.48. The van der Waals surface area contributed by atoms with Crippen molar-refractivity contribution in [1.82, 2.24) is 0 Å². The van der Waals surface area contributed by atoms with Gasteiger partial charge in [0.25, 0.3) is 0 Å². The summed E-state index contributed by atoms with van der Waals surface area (Å²) in [6.45, 7) is 18.5. The fourth-order valence-electron chi connectivity index (χ4n) is 9.80. The molecule has 10 rings (SSSR count). The van der Waals surface area contributed by atoms with Gasteiger partial charge in [-0.3, -0.25) is 0 Å². The van der Waals surface area contributed by atoms with Crippen molar-refractivity contribution in [3.05, 3.63) is 204 Å². The molecule has 0 radical (unpaired) electrons. The Hall–Kier alpha value is -6.64. The number of hydrogen-bond acceptors (Lipinski definition) is 2. The minimum absolute atomic E-state index is 0.0816. The third kappa shape index (κ3) is 6.57. The van der Waals surface area contributed by atoms with Crippen LogP contribution in [0.1, 0.15) is 77.6 Å². The molecule has 1 aliphatic carbocycles. The number of anilines is 6. The van der Waals surface area contributed by atoms with E-state index in [1.54, 1.807) is 0 Å². The zero-order chi connectivity index (χ0) is 42.3. The summed E-state index contributed by atoms with van der Waals surface area (Å²) in [5.74, 6) is 0. The SMILES string of the molecule is CC(C)(C)c1ccc(N(c2ccccc2)c2ccc3cc4c(cc3c2)C(C)(C)c2c-4c3ccccc3c3cc(N(c4ccccc4)c4ccc(C(C)(C)C)cc4)ccc23)cc1. The number of benzene rings is 9. The number of para-hydroxylation sites is 2. The molecule has 0 amide bonds. The maximum absolute atomic E-state index is 2.48. The molecule has 0 aliphatic heterocycles. The zero-order valence-electron chi connectivity index (χ0n) is 36.7. The van der Waals surface area contributed by atoms with E-state index in [9.17, 15) is 0 Å². The number of fused-ring (bicyclic) bond motifs is 9. The van der Waals surface area contributed by atoms with E-state index in [-0.39, 0.29) is 16.2 Å². The van der Waals surface area contributed by atoms with Gasteiger partial charge in [0.2, 0.25) is 0 Å². The van der Waals surface area contributed by atoms with Gasteiger partial charge in [-0.1, -0.05) is 152 Å². The van der Waals surface area contributed by atoms with Gasteiger partial charge in [-0.05, 0) is 161 Å². The Kier molecular flexibility index (Phi) is 9.00. The van der Waals surface area contributed by atoms with Crippen LogP contribution >= 0.6 is 0 Å². The highest BCUT2D eigenvalue weighted by molar-refractivity contribution is 6.19. The van der Waals surface area contributed by atoms with Crippen LogP contribution in [0.2, 0.25) is 0 Å². The van der Waals surface area contributed by atoms with Crippen LogP contribution in [0.3, 0.4) is 0 Å². The van der Waals surface area contributed by atoms with Crippen molar-refractivity contribution in [2.24, 2.45) is 0 Å². The zero-order valence-corrected chi connectivity index (χ0v) is 36.7. The molecule has 2 heteroatoms. The summed E-state index contributed by atoms with van der Waals surface area (Å²) in [5, 5.41) is 7.68. The van der Waals surface area contributed by atoms with Crippen molar-refractivity contribution >= 4 is 66.4 Å². The minimum Gasteiger partial charge on any atom is -0.310 e. The largest absolute Gasteiger partial charge is 0.310 e.